The van der Waals surface area contributed by atoms with Gasteiger partial charge >= 0.3 is 11.9 Å². The molecule has 0 bridgehead atoms. The number of aromatic hydroxyl groups is 1. The molecule has 1 heterocycles. The van der Waals surface area contributed by atoms with Crippen LogP contribution >= 0.6 is 27.7 Å². The van der Waals surface area contributed by atoms with Crippen LogP contribution in [0.3, 0.4) is 0 Å². The van der Waals surface area contributed by atoms with Crippen LogP contribution < -0.4 is 10.1 Å². The second kappa shape index (κ2) is 12.2. The highest BCUT2D eigenvalue weighted by molar-refractivity contribution is 9.10. The molecule has 1 aromatic rings. The van der Waals surface area contributed by atoms with Crippen molar-refractivity contribution in [3.8, 4) is 11.5 Å². The summed E-state index contributed by atoms with van der Waals surface area (Å²) in [5.74, 6) is -1.94. The van der Waals surface area contributed by atoms with Gasteiger partial charge < -0.3 is 24.6 Å². The molecule has 0 spiro atoms. The first kappa shape index (κ1) is 28.1. The Morgan fingerprint density at radius 1 is 1.28 bits per heavy atom. The van der Waals surface area contributed by atoms with Gasteiger partial charge in [0.15, 0.2) is 17.3 Å². The Hall–Kier alpha value is -2.46. The zero-order valence-corrected chi connectivity index (χ0v) is 23.5. The molecule has 0 aromatic heterocycles. The lowest BCUT2D eigenvalue weighted by Crippen LogP contribution is -2.43. The molecule has 1 aliphatic carbocycles. The van der Waals surface area contributed by atoms with Crippen molar-refractivity contribution in [2.45, 2.75) is 40.0 Å². The van der Waals surface area contributed by atoms with Crippen LogP contribution in [0.25, 0.3) is 0 Å². The fourth-order valence-electron chi connectivity index (χ4n) is 4.73. The number of ketones is 1. The SMILES string of the molecule is CCOc1cc(C2C(C(=O)OCCSCC)=C(C)NC3=C2C(=O)C(C(=O)OC)C(C)C3)cc(Br)c1O. The van der Waals surface area contributed by atoms with Crippen molar-refractivity contribution in [2.75, 3.05) is 31.8 Å². The summed E-state index contributed by atoms with van der Waals surface area (Å²) < 4.78 is 16.5. The van der Waals surface area contributed by atoms with Crippen molar-refractivity contribution < 1.29 is 33.7 Å². The molecular weight excluding hydrogens is 550 g/mol. The van der Waals surface area contributed by atoms with Gasteiger partial charge in [0, 0.05) is 28.6 Å². The van der Waals surface area contributed by atoms with Gasteiger partial charge in [0.25, 0.3) is 0 Å². The molecule has 36 heavy (non-hydrogen) atoms. The number of benzene rings is 1. The number of carbonyl (C=O) groups excluding carboxylic acids is 3. The van der Waals surface area contributed by atoms with Crippen LogP contribution in [0.15, 0.2) is 39.1 Å². The summed E-state index contributed by atoms with van der Waals surface area (Å²) in [6.07, 6.45) is 0.432. The molecule has 1 aliphatic heterocycles. The summed E-state index contributed by atoms with van der Waals surface area (Å²) in [5.41, 5.74) is 2.39. The van der Waals surface area contributed by atoms with Gasteiger partial charge in [-0.1, -0.05) is 13.8 Å². The molecule has 0 amide bonds. The molecule has 196 valence electrons. The number of dihydropyridines is 1. The van der Waals surface area contributed by atoms with Crippen molar-refractivity contribution in [3.05, 3.63) is 44.7 Å². The van der Waals surface area contributed by atoms with Crippen LogP contribution in [0.5, 0.6) is 11.5 Å². The Bertz CT molecular complexity index is 1110. The molecule has 2 aliphatic rings. The molecule has 0 radical (unpaired) electrons. The summed E-state index contributed by atoms with van der Waals surface area (Å²) in [4.78, 5) is 39.8. The van der Waals surface area contributed by atoms with Crippen LogP contribution in [0.4, 0.5) is 0 Å². The van der Waals surface area contributed by atoms with Crippen LogP contribution in [0.2, 0.25) is 0 Å². The average molecular weight is 583 g/mol. The van der Waals surface area contributed by atoms with Gasteiger partial charge in [0.2, 0.25) is 0 Å². The van der Waals surface area contributed by atoms with Crippen molar-refractivity contribution in [2.24, 2.45) is 11.8 Å². The van der Waals surface area contributed by atoms with Crippen molar-refractivity contribution in [1.29, 1.82) is 0 Å². The Balaban J connectivity index is 2.17. The smallest absolute Gasteiger partial charge is 0.336 e. The number of phenolic OH excluding ortho intramolecular Hbond substituents is 1. The van der Waals surface area contributed by atoms with E-state index in [1.165, 1.54) is 7.11 Å². The second-order valence-corrected chi connectivity index (χ2v) is 10.9. The van der Waals surface area contributed by atoms with E-state index in [1.807, 2.05) is 13.8 Å². The minimum absolute atomic E-state index is 0.0822. The Kier molecular flexibility index (Phi) is 9.52. The third kappa shape index (κ3) is 5.59. The number of allylic oxidation sites excluding steroid dienone is 3. The number of methoxy groups -OCH3 is 1. The normalized spacial score (nSPS) is 21.6. The highest BCUT2D eigenvalue weighted by atomic mass is 79.9. The standard InChI is InChI=1S/C26H32BrNO7S/c1-6-34-18-12-15(11-16(27)23(18)29)21-20(26(32)35-8-9-36-7-2)14(4)28-17-10-13(3)19(25(31)33-5)24(30)22(17)21/h11-13,19,21,28-29H,6-10H2,1-5H3. The lowest BCUT2D eigenvalue weighted by atomic mass is 9.69. The fourth-order valence-corrected chi connectivity index (χ4v) is 5.68. The minimum Gasteiger partial charge on any atom is -0.503 e. The first-order valence-corrected chi connectivity index (χ1v) is 13.8. The second-order valence-electron chi connectivity index (χ2n) is 8.65. The van der Waals surface area contributed by atoms with E-state index in [0.29, 0.717) is 45.8 Å². The monoisotopic (exact) mass is 581 g/mol. The van der Waals surface area contributed by atoms with Gasteiger partial charge in [-0.15, -0.1) is 0 Å². The fraction of sp³-hybridized carbons (Fsp3) is 0.500. The van der Waals surface area contributed by atoms with E-state index in [1.54, 1.807) is 37.7 Å². The number of hydrogen-bond donors (Lipinski definition) is 2. The van der Waals surface area contributed by atoms with E-state index in [9.17, 15) is 19.5 Å². The number of carbonyl (C=O) groups is 3. The largest absolute Gasteiger partial charge is 0.503 e. The van der Waals surface area contributed by atoms with Crippen molar-refractivity contribution in [3.63, 3.8) is 0 Å². The number of thioether (sulfide) groups is 1. The van der Waals surface area contributed by atoms with Crippen LogP contribution in [-0.4, -0.2) is 54.7 Å². The number of phenols is 1. The molecule has 1 aromatic carbocycles. The van der Waals surface area contributed by atoms with Gasteiger partial charge in [-0.05, 0) is 65.6 Å². The first-order chi connectivity index (χ1) is 17.2. The van der Waals surface area contributed by atoms with E-state index in [-0.39, 0.29) is 29.6 Å². The summed E-state index contributed by atoms with van der Waals surface area (Å²) in [5, 5.41) is 13.7. The first-order valence-electron chi connectivity index (χ1n) is 11.9. The van der Waals surface area contributed by atoms with Crippen molar-refractivity contribution in [1.82, 2.24) is 5.32 Å². The summed E-state index contributed by atoms with van der Waals surface area (Å²) in [6, 6.07) is 3.28. The number of rotatable bonds is 9. The van der Waals surface area contributed by atoms with E-state index >= 15 is 0 Å². The Labute approximate surface area is 223 Å². The average Bonchev–Trinajstić information content (AvgIpc) is 2.83. The molecule has 3 rings (SSSR count). The molecule has 8 nitrogen and oxygen atoms in total. The number of ether oxygens (including phenoxy) is 3. The number of nitrogens with one attached hydrogen (secondary N) is 1. The predicted molar refractivity (Wildman–Crippen MR) is 141 cm³/mol. The maximum Gasteiger partial charge on any atom is 0.336 e. The molecular formula is C26H32BrNO7S. The Morgan fingerprint density at radius 3 is 2.64 bits per heavy atom. The highest BCUT2D eigenvalue weighted by Gasteiger charge is 2.47. The van der Waals surface area contributed by atoms with Gasteiger partial charge in [-0.3, -0.25) is 9.59 Å². The van der Waals surface area contributed by atoms with Crippen LogP contribution in [0.1, 0.15) is 45.6 Å². The van der Waals surface area contributed by atoms with E-state index < -0.39 is 29.6 Å². The zero-order valence-electron chi connectivity index (χ0n) is 21.1. The minimum atomic E-state index is -0.985. The van der Waals surface area contributed by atoms with E-state index in [2.05, 4.69) is 21.2 Å². The molecule has 3 atom stereocenters. The summed E-state index contributed by atoms with van der Waals surface area (Å²) in [6.45, 7) is 7.96. The third-order valence-electron chi connectivity index (χ3n) is 6.31. The van der Waals surface area contributed by atoms with Crippen LogP contribution in [-0.2, 0) is 23.9 Å². The number of hydrogen-bond acceptors (Lipinski definition) is 9. The molecule has 0 saturated heterocycles. The lowest BCUT2D eigenvalue weighted by molar-refractivity contribution is -0.151. The van der Waals surface area contributed by atoms with E-state index in [4.69, 9.17) is 14.2 Å². The lowest BCUT2D eigenvalue weighted by Gasteiger charge is -2.38. The summed E-state index contributed by atoms with van der Waals surface area (Å²) >= 11 is 5.02. The summed E-state index contributed by atoms with van der Waals surface area (Å²) in [7, 11) is 1.26. The van der Waals surface area contributed by atoms with Crippen molar-refractivity contribution >= 4 is 45.4 Å². The third-order valence-corrected chi connectivity index (χ3v) is 7.78. The van der Waals surface area contributed by atoms with Crippen LogP contribution in [0, 0.1) is 11.8 Å². The van der Waals surface area contributed by atoms with Gasteiger partial charge in [0.1, 0.15) is 12.5 Å². The number of esters is 2. The van der Waals surface area contributed by atoms with Gasteiger partial charge in [-0.25, -0.2) is 4.79 Å². The molecule has 0 saturated carbocycles. The zero-order chi connectivity index (χ0) is 26.6. The quantitative estimate of drug-likeness (QED) is 0.248. The molecule has 0 fully saturated rings. The molecule has 3 unspecified atom stereocenters. The maximum absolute atomic E-state index is 13.8. The number of halogens is 1. The van der Waals surface area contributed by atoms with Gasteiger partial charge in [-0.2, -0.15) is 11.8 Å². The van der Waals surface area contributed by atoms with E-state index in [0.717, 1.165) is 5.75 Å². The number of Topliss-reactive ketones (excluding diaryl/α,β-unsaturated/α-hetero) is 1. The topological polar surface area (TPSA) is 111 Å². The van der Waals surface area contributed by atoms with Gasteiger partial charge in [0.05, 0.1) is 23.8 Å². The Morgan fingerprint density at radius 2 is 2.00 bits per heavy atom. The molecule has 2 N–H and O–H groups in total. The molecule has 10 heteroatoms. The highest BCUT2D eigenvalue weighted by Crippen LogP contribution is 2.48. The maximum atomic E-state index is 13.8. The predicted octanol–water partition coefficient (Wildman–Crippen LogP) is 4.46.